The van der Waals surface area contributed by atoms with Crippen molar-refractivity contribution in [3.05, 3.63) is 136 Å². The standard InChI is InChI=1S/C44H40N6O6S/c1-49-24-32(20-37(49)38(52)22-42-48-36-19-29(13-14-40(36)57-42)43(54)47-31-10-3-2-4-11-31)46-41(53)17-27-8-7-9-28(16-27)26-56-39-21-35-34(18-30(39)25-51)44(55)50-15-6-5-12-33(50)23-45-35/h2-4,7-11,13-14,16,18-21,23-24,33,51H,5-6,12,15,17,22,25-26H2,1H3,(H,46,53)(H,47,54)/t33-/m0/s1. The van der Waals surface area contributed by atoms with Crippen LogP contribution in [0, 0.1) is 0 Å². The fourth-order valence-corrected chi connectivity index (χ4v) is 8.22. The number of benzene rings is 4. The molecule has 2 aromatic heterocycles. The molecule has 8 rings (SSSR count). The zero-order valence-corrected chi connectivity index (χ0v) is 32.1. The number of thiazole rings is 1. The number of aliphatic hydroxyl groups excluding tert-OH is 1. The van der Waals surface area contributed by atoms with Crippen molar-refractivity contribution in [3.63, 3.8) is 0 Å². The van der Waals surface area contributed by atoms with Crippen LogP contribution in [0.4, 0.5) is 17.1 Å². The second kappa shape index (κ2) is 16.3. The van der Waals surface area contributed by atoms with Crippen LogP contribution in [0.25, 0.3) is 10.2 Å². The Labute approximate surface area is 332 Å². The van der Waals surface area contributed by atoms with E-state index in [1.54, 1.807) is 48.1 Å². The normalized spacial score (nSPS) is 14.8. The highest BCUT2D eigenvalue weighted by Crippen LogP contribution is 2.34. The minimum atomic E-state index is -0.296. The minimum absolute atomic E-state index is 0.0264. The number of nitrogens with zero attached hydrogens (tertiary/aromatic N) is 4. The quantitative estimate of drug-likeness (QED) is 0.110. The molecule has 0 saturated carbocycles. The van der Waals surface area contributed by atoms with E-state index in [1.807, 2.05) is 71.8 Å². The lowest BCUT2D eigenvalue weighted by Gasteiger charge is -2.32. The molecular weight excluding hydrogens is 741 g/mol. The molecule has 0 radical (unpaired) electrons. The summed E-state index contributed by atoms with van der Waals surface area (Å²) in [5.41, 5.74) is 5.83. The number of aromatic nitrogens is 2. The molecule has 3 N–H and O–H groups in total. The average Bonchev–Trinajstić information content (AvgIpc) is 3.76. The van der Waals surface area contributed by atoms with Gasteiger partial charge in [-0.3, -0.25) is 24.2 Å². The molecule has 2 aliphatic heterocycles. The van der Waals surface area contributed by atoms with Crippen LogP contribution in [0.15, 0.2) is 102 Å². The summed E-state index contributed by atoms with van der Waals surface area (Å²) in [5, 5.41) is 16.6. The molecular formula is C44H40N6O6S. The molecule has 2 aliphatic rings. The maximum atomic E-state index is 13.4. The predicted octanol–water partition coefficient (Wildman–Crippen LogP) is 7.28. The highest BCUT2D eigenvalue weighted by molar-refractivity contribution is 7.18. The second-order valence-corrected chi connectivity index (χ2v) is 15.4. The fraction of sp³-hybridized carbons (Fsp3) is 0.227. The maximum absolute atomic E-state index is 13.4. The van der Waals surface area contributed by atoms with E-state index in [-0.39, 0.29) is 55.6 Å². The smallest absolute Gasteiger partial charge is 0.256 e. The number of carbonyl (C=O) groups excluding carboxylic acids is 4. The van der Waals surface area contributed by atoms with E-state index in [4.69, 9.17) is 4.74 Å². The number of anilines is 2. The van der Waals surface area contributed by atoms with Gasteiger partial charge in [0.2, 0.25) is 5.91 Å². The van der Waals surface area contributed by atoms with Crippen molar-refractivity contribution in [1.82, 2.24) is 14.5 Å². The van der Waals surface area contributed by atoms with Crippen LogP contribution in [-0.2, 0) is 37.9 Å². The number of amides is 3. The molecule has 1 fully saturated rings. The van der Waals surface area contributed by atoms with E-state index in [2.05, 4.69) is 20.6 Å². The van der Waals surface area contributed by atoms with Gasteiger partial charge in [-0.15, -0.1) is 11.3 Å². The van der Waals surface area contributed by atoms with Gasteiger partial charge in [-0.25, -0.2) is 4.98 Å². The SMILES string of the molecule is Cn1cc(NC(=O)Cc2cccc(COc3cc4c(cc3CO)C(=O)N3CCCC[C@H]3C=N4)c2)cc1C(=O)Cc1nc2cc(C(=O)Nc3ccccc3)ccc2s1. The third-order valence-corrected chi connectivity index (χ3v) is 11.2. The monoisotopic (exact) mass is 780 g/mol. The summed E-state index contributed by atoms with van der Waals surface area (Å²) in [6.07, 6.45) is 6.60. The van der Waals surface area contributed by atoms with Crippen molar-refractivity contribution < 1.29 is 29.0 Å². The van der Waals surface area contributed by atoms with Gasteiger partial charge in [-0.2, -0.15) is 0 Å². The lowest BCUT2D eigenvalue weighted by molar-refractivity contribution is -0.115. The number of aryl methyl sites for hydroxylation is 1. The molecule has 0 bridgehead atoms. The number of para-hydroxylation sites is 1. The molecule has 6 aromatic rings. The Bertz CT molecular complexity index is 2540. The Morgan fingerprint density at radius 1 is 0.912 bits per heavy atom. The topological polar surface area (TPSA) is 155 Å². The van der Waals surface area contributed by atoms with Gasteiger partial charge in [-0.05, 0) is 72.9 Å². The second-order valence-electron chi connectivity index (χ2n) is 14.2. The van der Waals surface area contributed by atoms with Crippen LogP contribution in [0.2, 0.25) is 0 Å². The van der Waals surface area contributed by atoms with Crippen molar-refractivity contribution in [2.24, 2.45) is 12.0 Å². The number of rotatable bonds is 12. The Hall–Kier alpha value is -6.44. The number of aliphatic imine (C=N–C) groups is 1. The molecule has 3 amide bonds. The van der Waals surface area contributed by atoms with Gasteiger partial charge in [0.15, 0.2) is 5.78 Å². The number of ether oxygens (including phenoxy) is 1. The lowest BCUT2D eigenvalue weighted by Crippen LogP contribution is -2.43. The zero-order valence-electron chi connectivity index (χ0n) is 31.2. The first-order valence-electron chi connectivity index (χ1n) is 18.8. The number of aliphatic hydroxyl groups is 1. The molecule has 1 atom stereocenters. The molecule has 4 aromatic carbocycles. The van der Waals surface area contributed by atoms with E-state index in [0.29, 0.717) is 62.3 Å². The average molecular weight is 781 g/mol. The summed E-state index contributed by atoms with van der Waals surface area (Å²) in [7, 11) is 1.75. The first-order valence-corrected chi connectivity index (χ1v) is 19.6. The van der Waals surface area contributed by atoms with E-state index in [9.17, 15) is 24.3 Å². The summed E-state index contributed by atoms with van der Waals surface area (Å²) < 4.78 is 8.71. The molecule has 0 unspecified atom stereocenters. The number of hydrogen-bond donors (Lipinski definition) is 3. The molecule has 13 heteroatoms. The number of fused-ring (bicyclic) bond motifs is 3. The lowest BCUT2D eigenvalue weighted by atomic mass is 10.0. The molecule has 0 aliphatic carbocycles. The highest BCUT2D eigenvalue weighted by Gasteiger charge is 2.31. The first kappa shape index (κ1) is 37.5. The largest absolute Gasteiger partial charge is 0.488 e. The van der Waals surface area contributed by atoms with Crippen molar-refractivity contribution in [2.75, 3.05) is 17.2 Å². The third kappa shape index (κ3) is 8.39. The van der Waals surface area contributed by atoms with Crippen LogP contribution >= 0.6 is 11.3 Å². The van der Waals surface area contributed by atoms with Crippen molar-refractivity contribution >= 4 is 68.3 Å². The Morgan fingerprint density at radius 2 is 1.75 bits per heavy atom. The Morgan fingerprint density at radius 3 is 2.60 bits per heavy atom. The number of carbonyl (C=O) groups is 4. The van der Waals surface area contributed by atoms with Crippen LogP contribution in [0.1, 0.15) is 72.2 Å². The molecule has 12 nitrogen and oxygen atoms in total. The highest BCUT2D eigenvalue weighted by atomic mass is 32.1. The number of ketones is 1. The van der Waals surface area contributed by atoms with Crippen LogP contribution < -0.4 is 15.4 Å². The molecule has 1 saturated heterocycles. The summed E-state index contributed by atoms with van der Waals surface area (Å²) in [6, 6.07) is 27.0. The number of hydrogen-bond acceptors (Lipinski definition) is 9. The van der Waals surface area contributed by atoms with E-state index in [1.165, 1.54) is 11.3 Å². The van der Waals surface area contributed by atoms with Gasteiger partial charge < -0.3 is 29.9 Å². The van der Waals surface area contributed by atoms with Gasteiger partial charge in [0.25, 0.3) is 11.8 Å². The zero-order chi connectivity index (χ0) is 39.5. The van der Waals surface area contributed by atoms with Gasteiger partial charge in [0.1, 0.15) is 17.4 Å². The van der Waals surface area contributed by atoms with E-state index < -0.39 is 0 Å². The van der Waals surface area contributed by atoms with Crippen molar-refractivity contribution in [3.8, 4) is 5.75 Å². The maximum Gasteiger partial charge on any atom is 0.256 e. The summed E-state index contributed by atoms with van der Waals surface area (Å²) >= 11 is 1.40. The summed E-state index contributed by atoms with van der Waals surface area (Å²) in [6.45, 7) is 0.573. The summed E-state index contributed by atoms with van der Waals surface area (Å²) in [4.78, 5) is 63.8. The summed E-state index contributed by atoms with van der Waals surface area (Å²) in [5.74, 6) is -0.276. The number of Topliss-reactive ketones (excluding diaryl/α,β-unsaturated/α-hetero) is 1. The predicted molar refractivity (Wildman–Crippen MR) is 220 cm³/mol. The van der Waals surface area contributed by atoms with Crippen LogP contribution in [0.5, 0.6) is 5.75 Å². The Balaban J connectivity index is 0.874. The Kier molecular flexibility index (Phi) is 10.7. The molecule has 4 heterocycles. The van der Waals surface area contributed by atoms with Crippen LogP contribution in [0.3, 0.4) is 0 Å². The molecule has 0 spiro atoms. The number of nitrogens with one attached hydrogen (secondary N) is 2. The van der Waals surface area contributed by atoms with E-state index >= 15 is 0 Å². The van der Waals surface area contributed by atoms with Crippen molar-refractivity contribution in [2.45, 2.75) is 51.4 Å². The van der Waals surface area contributed by atoms with Gasteiger partial charge in [-0.1, -0.05) is 42.5 Å². The fourth-order valence-electron chi connectivity index (χ4n) is 7.27. The third-order valence-electron chi connectivity index (χ3n) is 10.1. The minimum Gasteiger partial charge on any atom is -0.488 e. The molecule has 288 valence electrons. The molecule has 57 heavy (non-hydrogen) atoms. The number of piperidine rings is 1. The van der Waals surface area contributed by atoms with Crippen LogP contribution in [-0.4, -0.2) is 61.9 Å². The first-order chi connectivity index (χ1) is 27.7. The van der Waals surface area contributed by atoms with E-state index in [0.717, 1.165) is 35.1 Å². The van der Waals surface area contributed by atoms with Gasteiger partial charge in [0, 0.05) is 48.9 Å². The van der Waals surface area contributed by atoms with Crippen molar-refractivity contribution in [1.29, 1.82) is 0 Å². The van der Waals surface area contributed by atoms with Gasteiger partial charge >= 0.3 is 0 Å². The van der Waals surface area contributed by atoms with Gasteiger partial charge in [0.05, 0.1) is 58.3 Å².